The van der Waals surface area contributed by atoms with E-state index in [9.17, 15) is 17.6 Å². The molecule has 28 heavy (non-hydrogen) atoms. The molecule has 3 rings (SSSR count). The van der Waals surface area contributed by atoms with Crippen LogP contribution < -0.4 is 10.0 Å². The summed E-state index contributed by atoms with van der Waals surface area (Å²) in [5.74, 6) is -0.994. The molecule has 0 aromatic heterocycles. The molecule has 0 aliphatic carbocycles. The van der Waals surface area contributed by atoms with Crippen LogP contribution in [0, 0.1) is 11.7 Å². The van der Waals surface area contributed by atoms with Gasteiger partial charge < -0.3 is 5.32 Å². The van der Waals surface area contributed by atoms with Crippen molar-refractivity contribution < 1.29 is 17.6 Å². The lowest BCUT2D eigenvalue weighted by atomic mass is 10.0. The molecule has 1 unspecified atom stereocenters. The van der Waals surface area contributed by atoms with E-state index in [2.05, 4.69) is 15.0 Å². The average molecular weight is 424 g/mol. The van der Waals surface area contributed by atoms with Gasteiger partial charge in [-0.2, -0.15) is 0 Å². The van der Waals surface area contributed by atoms with Crippen LogP contribution in [0.5, 0.6) is 0 Å². The van der Waals surface area contributed by atoms with Gasteiger partial charge in [-0.25, -0.2) is 12.8 Å². The zero-order valence-electron chi connectivity index (χ0n) is 15.2. The number of amidine groups is 1. The summed E-state index contributed by atoms with van der Waals surface area (Å²) in [6, 6.07) is 9.42. The van der Waals surface area contributed by atoms with E-state index in [0.717, 1.165) is 6.07 Å². The third-order valence-electron chi connectivity index (χ3n) is 4.13. The summed E-state index contributed by atoms with van der Waals surface area (Å²) in [7, 11) is -3.71. The lowest BCUT2D eigenvalue weighted by molar-refractivity contribution is -0.117. The van der Waals surface area contributed by atoms with E-state index in [4.69, 9.17) is 11.6 Å². The van der Waals surface area contributed by atoms with Gasteiger partial charge in [0.2, 0.25) is 5.91 Å². The molecule has 6 nitrogen and oxygen atoms in total. The standard InChI is InChI=1S/C19H19ClFN3O3S/c1-11(2)9-16(19(25)23-15-8-7-12(20)10-14(15)21)22-18-13-5-3-4-6-17(13)28(26,27)24-18/h3-8,10-11,16H,9H2,1-2H3,(H,22,24)(H,23,25). The van der Waals surface area contributed by atoms with Crippen LogP contribution in [0.2, 0.25) is 5.02 Å². The van der Waals surface area contributed by atoms with Crippen molar-refractivity contribution in [2.75, 3.05) is 5.32 Å². The van der Waals surface area contributed by atoms with Gasteiger partial charge in [0.25, 0.3) is 10.0 Å². The van der Waals surface area contributed by atoms with Gasteiger partial charge in [0.15, 0.2) is 0 Å². The lowest BCUT2D eigenvalue weighted by Gasteiger charge is -2.16. The molecule has 0 saturated heterocycles. The third-order valence-corrected chi connectivity index (χ3v) is 5.77. The van der Waals surface area contributed by atoms with Crippen LogP contribution in [0.3, 0.4) is 0 Å². The molecule has 1 amide bonds. The number of carbonyl (C=O) groups excluding carboxylic acids is 1. The molecule has 148 valence electrons. The van der Waals surface area contributed by atoms with Crippen LogP contribution >= 0.6 is 11.6 Å². The lowest BCUT2D eigenvalue weighted by Crippen LogP contribution is -2.32. The Hall–Kier alpha value is -2.45. The van der Waals surface area contributed by atoms with E-state index in [1.165, 1.54) is 18.2 Å². The average Bonchev–Trinajstić information content (AvgIpc) is 2.87. The number of rotatable bonds is 5. The minimum atomic E-state index is -3.71. The SMILES string of the molecule is CC(C)CC(N=C1NS(=O)(=O)c2ccccc21)C(=O)Nc1ccc(Cl)cc1F. The van der Waals surface area contributed by atoms with Gasteiger partial charge in [-0.05, 0) is 42.7 Å². The second-order valence-corrected chi connectivity index (χ2v) is 8.93. The van der Waals surface area contributed by atoms with Gasteiger partial charge in [0, 0.05) is 10.6 Å². The molecule has 1 atom stereocenters. The van der Waals surface area contributed by atoms with Crippen LogP contribution in [0.15, 0.2) is 52.4 Å². The van der Waals surface area contributed by atoms with Gasteiger partial charge in [-0.15, -0.1) is 0 Å². The molecule has 2 aromatic carbocycles. The maximum Gasteiger partial charge on any atom is 0.263 e. The van der Waals surface area contributed by atoms with Gasteiger partial charge in [-0.3, -0.25) is 14.5 Å². The highest BCUT2D eigenvalue weighted by Crippen LogP contribution is 2.24. The van der Waals surface area contributed by atoms with Crippen molar-refractivity contribution in [3.8, 4) is 0 Å². The number of aliphatic imine (C=N–C) groups is 1. The van der Waals surface area contributed by atoms with Crippen molar-refractivity contribution in [3.05, 3.63) is 58.9 Å². The quantitative estimate of drug-likeness (QED) is 0.770. The van der Waals surface area contributed by atoms with Crippen LogP contribution in [0.4, 0.5) is 10.1 Å². The summed E-state index contributed by atoms with van der Waals surface area (Å²) in [5.41, 5.74) is 0.387. The zero-order chi connectivity index (χ0) is 20.5. The van der Waals surface area contributed by atoms with E-state index in [1.54, 1.807) is 18.2 Å². The summed E-state index contributed by atoms with van der Waals surface area (Å²) in [6.07, 6.45) is 0.356. The van der Waals surface area contributed by atoms with Crippen LogP contribution in [-0.4, -0.2) is 26.2 Å². The van der Waals surface area contributed by atoms with Crippen molar-refractivity contribution in [2.45, 2.75) is 31.2 Å². The second kappa shape index (κ2) is 7.89. The summed E-state index contributed by atoms with van der Waals surface area (Å²) < 4.78 is 40.9. The van der Waals surface area contributed by atoms with Crippen molar-refractivity contribution >= 4 is 39.1 Å². The fraction of sp³-hybridized carbons (Fsp3) is 0.263. The molecule has 0 radical (unpaired) electrons. The Morgan fingerprint density at radius 2 is 1.96 bits per heavy atom. The van der Waals surface area contributed by atoms with Crippen LogP contribution in [-0.2, 0) is 14.8 Å². The van der Waals surface area contributed by atoms with E-state index >= 15 is 0 Å². The summed E-state index contributed by atoms with van der Waals surface area (Å²) in [4.78, 5) is 17.2. The molecule has 0 bridgehead atoms. The summed E-state index contributed by atoms with van der Waals surface area (Å²) in [6.45, 7) is 3.83. The fourth-order valence-electron chi connectivity index (χ4n) is 2.86. The number of halogens is 2. The molecule has 0 fully saturated rings. The van der Waals surface area contributed by atoms with E-state index in [1.807, 2.05) is 13.8 Å². The number of sulfonamides is 1. The normalized spacial score (nSPS) is 17.2. The third kappa shape index (κ3) is 4.34. The van der Waals surface area contributed by atoms with E-state index < -0.39 is 27.8 Å². The van der Waals surface area contributed by atoms with Gasteiger partial charge in [0.1, 0.15) is 17.7 Å². The highest BCUT2D eigenvalue weighted by molar-refractivity contribution is 7.90. The number of amides is 1. The Morgan fingerprint density at radius 3 is 2.64 bits per heavy atom. The number of carbonyl (C=O) groups is 1. The minimum Gasteiger partial charge on any atom is -0.322 e. The van der Waals surface area contributed by atoms with Crippen molar-refractivity contribution in [1.82, 2.24) is 4.72 Å². The van der Waals surface area contributed by atoms with Gasteiger partial charge in [-0.1, -0.05) is 37.6 Å². The zero-order valence-corrected chi connectivity index (χ0v) is 16.8. The first kappa shape index (κ1) is 20.3. The molecule has 1 aliphatic rings. The Balaban J connectivity index is 1.93. The van der Waals surface area contributed by atoms with Crippen LogP contribution in [0.25, 0.3) is 0 Å². The Morgan fingerprint density at radius 1 is 1.25 bits per heavy atom. The van der Waals surface area contributed by atoms with Crippen molar-refractivity contribution in [3.63, 3.8) is 0 Å². The molecule has 9 heteroatoms. The molecule has 1 aliphatic heterocycles. The topological polar surface area (TPSA) is 87.6 Å². The molecule has 0 saturated carbocycles. The monoisotopic (exact) mass is 423 g/mol. The van der Waals surface area contributed by atoms with E-state index in [-0.39, 0.29) is 27.4 Å². The van der Waals surface area contributed by atoms with Gasteiger partial charge in [0.05, 0.1) is 10.6 Å². The smallest absolute Gasteiger partial charge is 0.263 e. The number of hydrogen-bond acceptors (Lipinski definition) is 4. The maximum atomic E-state index is 14.0. The summed E-state index contributed by atoms with van der Waals surface area (Å²) in [5, 5.41) is 2.72. The number of fused-ring (bicyclic) bond motifs is 1. The number of hydrogen-bond donors (Lipinski definition) is 2. The number of anilines is 1. The fourth-order valence-corrected chi connectivity index (χ4v) is 4.26. The largest absolute Gasteiger partial charge is 0.322 e. The van der Waals surface area contributed by atoms with Crippen molar-refractivity contribution in [1.29, 1.82) is 0 Å². The maximum absolute atomic E-state index is 14.0. The predicted octanol–water partition coefficient (Wildman–Crippen LogP) is 3.57. The molecule has 2 N–H and O–H groups in total. The number of nitrogens with zero attached hydrogens (tertiary/aromatic N) is 1. The van der Waals surface area contributed by atoms with Gasteiger partial charge >= 0.3 is 0 Å². The molecule has 0 spiro atoms. The Bertz CT molecular complexity index is 1050. The molecule has 2 aromatic rings. The number of nitrogens with one attached hydrogen (secondary N) is 2. The second-order valence-electron chi connectivity index (χ2n) is 6.84. The Labute approximate surface area is 167 Å². The first-order valence-corrected chi connectivity index (χ1v) is 10.5. The minimum absolute atomic E-state index is 0.0178. The van der Waals surface area contributed by atoms with Crippen LogP contribution in [0.1, 0.15) is 25.8 Å². The molecular weight excluding hydrogens is 405 g/mol. The first-order valence-electron chi connectivity index (χ1n) is 8.63. The first-order chi connectivity index (χ1) is 13.2. The Kier molecular flexibility index (Phi) is 5.71. The highest BCUT2D eigenvalue weighted by Gasteiger charge is 2.32. The van der Waals surface area contributed by atoms with Crippen molar-refractivity contribution in [2.24, 2.45) is 10.9 Å². The molecule has 1 heterocycles. The van der Waals surface area contributed by atoms with E-state index in [0.29, 0.717) is 12.0 Å². The number of benzene rings is 2. The predicted molar refractivity (Wildman–Crippen MR) is 107 cm³/mol. The highest BCUT2D eigenvalue weighted by atomic mass is 35.5. The summed E-state index contributed by atoms with van der Waals surface area (Å²) >= 11 is 5.73. The molecular formula is C19H19ClFN3O3S.